The summed E-state index contributed by atoms with van der Waals surface area (Å²) in [6, 6.07) is 13.0. The average Bonchev–Trinajstić information content (AvgIpc) is 2.48. The molecule has 0 bridgehead atoms. The molecule has 0 radical (unpaired) electrons. The number of hydrogen-bond acceptors (Lipinski definition) is 3. The standard InChI is InChI=1S/C16H17Cl2NO2/c1-20-9-8-19-11-12-2-5-14(6-3-12)21-16-7-4-13(17)10-15(16)18/h2-7,10,19H,8-9,11H2,1H3. The van der Waals surface area contributed by atoms with Crippen LogP contribution in [0.1, 0.15) is 5.56 Å². The molecule has 5 heteroatoms. The molecule has 0 aliphatic heterocycles. The second-order valence-electron chi connectivity index (χ2n) is 4.49. The smallest absolute Gasteiger partial charge is 0.146 e. The molecule has 0 fully saturated rings. The van der Waals surface area contributed by atoms with Crippen molar-refractivity contribution in [2.75, 3.05) is 20.3 Å². The molecule has 0 saturated carbocycles. The zero-order valence-electron chi connectivity index (χ0n) is 11.7. The molecule has 0 amide bonds. The lowest BCUT2D eigenvalue weighted by atomic mass is 10.2. The Balaban J connectivity index is 1.92. The highest BCUT2D eigenvalue weighted by atomic mass is 35.5. The molecule has 0 atom stereocenters. The summed E-state index contributed by atoms with van der Waals surface area (Å²) in [5.41, 5.74) is 1.18. The lowest BCUT2D eigenvalue weighted by molar-refractivity contribution is 0.199. The van der Waals surface area contributed by atoms with Crippen LogP contribution in [-0.4, -0.2) is 20.3 Å². The van der Waals surface area contributed by atoms with E-state index in [4.69, 9.17) is 32.7 Å². The van der Waals surface area contributed by atoms with Gasteiger partial charge in [-0.25, -0.2) is 0 Å². The third kappa shape index (κ3) is 5.21. The normalized spacial score (nSPS) is 10.6. The first-order valence-electron chi connectivity index (χ1n) is 6.60. The Labute approximate surface area is 134 Å². The number of rotatable bonds is 7. The van der Waals surface area contributed by atoms with Gasteiger partial charge >= 0.3 is 0 Å². The maximum absolute atomic E-state index is 6.08. The topological polar surface area (TPSA) is 30.5 Å². The van der Waals surface area contributed by atoms with E-state index in [1.807, 2.05) is 24.3 Å². The summed E-state index contributed by atoms with van der Waals surface area (Å²) >= 11 is 11.9. The first-order valence-corrected chi connectivity index (χ1v) is 7.36. The van der Waals surface area contributed by atoms with Gasteiger partial charge in [0.15, 0.2) is 0 Å². The molecule has 0 spiro atoms. The van der Waals surface area contributed by atoms with Crippen LogP contribution < -0.4 is 10.1 Å². The van der Waals surface area contributed by atoms with Crippen LogP contribution in [0.3, 0.4) is 0 Å². The Morgan fingerprint density at radius 2 is 1.81 bits per heavy atom. The number of ether oxygens (including phenoxy) is 2. The largest absolute Gasteiger partial charge is 0.456 e. The lowest BCUT2D eigenvalue weighted by Gasteiger charge is -2.09. The summed E-state index contributed by atoms with van der Waals surface area (Å²) in [6.45, 7) is 2.33. The predicted octanol–water partition coefficient (Wildman–Crippen LogP) is 4.52. The van der Waals surface area contributed by atoms with Crippen molar-refractivity contribution in [1.29, 1.82) is 0 Å². The van der Waals surface area contributed by atoms with Crippen LogP contribution in [0.5, 0.6) is 11.5 Å². The number of benzene rings is 2. The minimum absolute atomic E-state index is 0.493. The van der Waals surface area contributed by atoms with E-state index in [0.717, 1.165) is 18.8 Å². The lowest BCUT2D eigenvalue weighted by Crippen LogP contribution is -2.18. The van der Waals surface area contributed by atoms with Crippen LogP contribution in [-0.2, 0) is 11.3 Å². The minimum Gasteiger partial charge on any atom is -0.456 e. The van der Waals surface area contributed by atoms with E-state index in [9.17, 15) is 0 Å². The van der Waals surface area contributed by atoms with Crippen molar-refractivity contribution in [3.05, 3.63) is 58.1 Å². The van der Waals surface area contributed by atoms with Crippen molar-refractivity contribution in [2.45, 2.75) is 6.54 Å². The zero-order chi connectivity index (χ0) is 15.1. The number of hydrogen-bond donors (Lipinski definition) is 1. The Morgan fingerprint density at radius 1 is 1.05 bits per heavy atom. The fraction of sp³-hybridized carbons (Fsp3) is 0.250. The molecule has 0 saturated heterocycles. The first-order chi connectivity index (χ1) is 10.2. The average molecular weight is 326 g/mol. The Kier molecular flexibility index (Phi) is 6.33. The van der Waals surface area contributed by atoms with Crippen molar-refractivity contribution in [1.82, 2.24) is 5.32 Å². The second-order valence-corrected chi connectivity index (χ2v) is 5.33. The van der Waals surface area contributed by atoms with Crippen LogP contribution in [0.25, 0.3) is 0 Å². The van der Waals surface area contributed by atoms with E-state index in [1.54, 1.807) is 25.3 Å². The van der Waals surface area contributed by atoms with Crippen molar-refractivity contribution in [3.63, 3.8) is 0 Å². The van der Waals surface area contributed by atoms with Crippen LogP contribution in [0.15, 0.2) is 42.5 Å². The summed E-state index contributed by atoms with van der Waals surface area (Å²) in [7, 11) is 1.69. The Bertz CT molecular complexity index is 573. The van der Waals surface area contributed by atoms with Crippen molar-refractivity contribution in [3.8, 4) is 11.5 Å². The van der Waals surface area contributed by atoms with E-state index in [1.165, 1.54) is 5.56 Å². The molecule has 21 heavy (non-hydrogen) atoms. The summed E-state index contributed by atoms with van der Waals surface area (Å²) in [5, 5.41) is 4.37. The fourth-order valence-electron chi connectivity index (χ4n) is 1.77. The van der Waals surface area contributed by atoms with Gasteiger partial charge in [-0.05, 0) is 35.9 Å². The predicted molar refractivity (Wildman–Crippen MR) is 86.6 cm³/mol. The van der Waals surface area contributed by atoms with Gasteiger partial charge in [-0.1, -0.05) is 35.3 Å². The number of methoxy groups -OCH3 is 1. The third-order valence-corrected chi connectivity index (χ3v) is 3.39. The van der Waals surface area contributed by atoms with Crippen LogP contribution in [0.2, 0.25) is 10.0 Å². The molecule has 2 aromatic carbocycles. The van der Waals surface area contributed by atoms with E-state index in [2.05, 4.69) is 5.32 Å². The van der Waals surface area contributed by atoms with Gasteiger partial charge in [-0.2, -0.15) is 0 Å². The summed E-state index contributed by atoms with van der Waals surface area (Å²) in [5.74, 6) is 1.33. The SMILES string of the molecule is COCCNCc1ccc(Oc2ccc(Cl)cc2Cl)cc1. The molecule has 0 unspecified atom stereocenters. The third-order valence-electron chi connectivity index (χ3n) is 2.86. The molecule has 112 valence electrons. The molecule has 0 aromatic heterocycles. The fourth-order valence-corrected chi connectivity index (χ4v) is 2.21. The van der Waals surface area contributed by atoms with Crippen LogP contribution in [0, 0.1) is 0 Å². The molecule has 0 aliphatic carbocycles. The molecule has 1 N–H and O–H groups in total. The molecule has 3 nitrogen and oxygen atoms in total. The first kappa shape index (κ1) is 16.1. The quantitative estimate of drug-likeness (QED) is 0.759. The molecule has 0 aliphatic rings. The maximum Gasteiger partial charge on any atom is 0.146 e. The highest BCUT2D eigenvalue weighted by molar-refractivity contribution is 6.35. The van der Waals surface area contributed by atoms with E-state index >= 15 is 0 Å². The van der Waals surface area contributed by atoms with Crippen LogP contribution >= 0.6 is 23.2 Å². The summed E-state index contributed by atoms with van der Waals surface area (Å²) in [6.07, 6.45) is 0. The minimum atomic E-state index is 0.493. The molecular weight excluding hydrogens is 309 g/mol. The zero-order valence-corrected chi connectivity index (χ0v) is 13.2. The van der Waals surface area contributed by atoms with Crippen LogP contribution in [0.4, 0.5) is 0 Å². The second kappa shape index (κ2) is 8.25. The van der Waals surface area contributed by atoms with Gasteiger partial charge in [0.2, 0.25) is 0 Å². The monoisotopic (exact) mass is 325 g/mol. The van der Waals surface area contributed by atoms with Gasteiger partial charge in [0.05, 0.1) is 11.6 Å². The van der Waals surface area contributed by atoms with Crippen molar-refractivity contribution < 1.29 is 9.47 Å². The Hall–Kier alpha value is -1.26. The van der Waals surface area contributed by atoms with Gasteiger partial charge in [-0.3, -0.25) is 0 Å². The van der Waals surface area contributed by atoms with Crippen molar-refractivity contribution in [2.24, 2.45) is 0 Å². The van der Waals surface area contributed by atoms with Crippen molar-refractivity contribution >= 4 is 23.2 Å². The summed E-state index contributed by atoms with van der Waals surface area (Å²) < 4.78 is 10.7. The molecular formula is C16H17Cl2NO2. The highest BCUT2D eigenvalue weighted by Crippen LogP contribution is 2.31. The van der Waals surface area contributed by atoms with Gasteiger partial charge in [0, 0.05) is 25.2 Å². The van der Waals surface area contributed by atoms with Gasteiger partial charge < -0.3 is 14.8 Å². The Morgan fingerprint density at radius 3 is 2.48 bits per heavy atom. The van der Waals surface area contributed by atoms with Gasteiger partial charge in [0.25, 0.3) is 0 Å². The van der Waals surface area contributed by atoms with Gasteiger partial charge in [-0.15, -0.1) is 0 Å². The van der Waals surface area contributed by atoms with E-state index in [-0.39, 0.29) is 0 Å². The number of halogens is 2. The highest BCUT2D eigenvalue weighted by Gasteiger charge is 2.04. The maximum atomic E-state index is 6.08. The van der Waals surface area contributed by atoms with Gasteiger partial charge in [0.1, 0.15) is 11.5 Å². The molecule has 0 heterocycles. The van der Waals surface area contributed by atoms with E-state index < -0.39 is 0 Å². The molecule has 2 rings (SSSR count). The number of nitrogens with one attached hydrogen (secondary N) is 1. The summed E-state index contributed by atoms with van der Waals surface area (Å²) in [4.78, 5) is 0. The molecule has 2 aromatic rings. The van der Waals surface area contributed by atoms with E-state index in [0.29, 0.717) is 22.4 Å².